The van der Waals surface area contributed by atoms with E-state index in [9.17, 15) is 13.4 Å². The second-order valence-corrected chi connectivity index (χ2v) is 7.02. The molecule has 0 spiro atoms. The fourth-order valence-corrected chi connectivity index (χ4v) is 3.33. The molecule has 5 heteroatoms. The van der Waals surface area contributed by atoms with Crippen LogP contribution in [0.3, 0.4) is 0 Å². The van der Waals surface area contributed by atoms with Crippen LogP contribution in [0.5, 0.6) is 0 Å². The maximum Gasteiger partial charge on any atom is 0.233 e. The fraction of sp³-hybridized carbons (Fsp3) is 0.278. The lowest BCUT2D eigenvalue weighted by molar-refractivity contribution is -0.119. The highest BCUT2D eigenvalue weighted by Crippen LogP contribution is 2.13. The monoisotopic (exact) mass is 333 g/mol. The van der Waals surface area contributed by atoms with Crippen LogP contribution in [0.2, 0.25) is 0 Å². The van der Waals surface area contributed by atoms with Gasteiger partial charge in [0, 0.05) is 16.6 Å². The molecule has 0 aliphatic carbocycles. The summed E-state index contributed by atoms with van der Waals surface area (Å²) in [5.74, 6) is -0.265. The first-order valence-corrected chi connectivity index (χ1v) is 8.88. The molecule has 3 nitrogen and oxygen atoms in total. The van der Waals surface area contributed by atoms with Crippen LogP contribution in [0, 0.1) is 12.7 Å². The van der Waals surface area contributed by atoms with Crippen LogP contribution in [-0.2, 0) is 21.3 Å². The standard InChI is InChI=1S/C18H20FNO2S/c1-13-4-3-5-15(10-13)11-23(22)12-18(21)20-14(2)16-6-8-17(19)9-7-16/h3-10,14H,11-12H2,1-2H3,(H,20,21). The Bertz CT molecular complexity index is 700. The first kappa shape index (κ1) is 17.3. The van der Waals surface area contributed by atoms with E-state index in [1.54, 1.807) is 12.1 Å². The molecule has 0 aliphatic rings. The molecule has 0 saturated heterocycles. The minimum atomic E-state index is -1.26. The van der Waals surface area contributed by atoms with Crippen molar-refractivity contribution < 1.29 is 13.4 Å². The molecule has 0 radical (unpaired) electrons. The van der Waals surface area contributed by atoms with E-state index in [0.717, 1.165) is 16.7 Å². The van der Waals surface area contributed by atoms with Gasteiger partial charge in [-0.15, -0.1) is 0 Å². The molecule has 1 N–H and O–H groups in total. The van der Waals surface area contributed by atoms with Crippen molar-refractivity contribution in [1.82, 2.24) is 5.32 Å². The highest BCUT2D eigenvalue weighted by Gasteiger charge is 2.13. The lowest BCUT2D eigenvalue weighted by atomic mass is 10.1. The van der Waals surface area contributed by atoms with Crippen molar-refractivity contribution >= 4 is 16.7 Å². The number of nitrogens with one attached hydrogen (secondary N) is 1. The van der Waals surface area contributed by atoms with Crippen LogP contribution in [0.4, 0.5) is 4.39 Å². The molecule has 0 aliphatic heterocycles. The Hall–Kier alpha value is -2.01. The molecule has 2 aromatic rings. The summed E-state index contributed by atoms with van der Waals surface area (Å²) in [6.07, 6.45) is 0. The van der Waals surface area contributed by atoms with Gasteiger partial charge >= 0.3 is 0 Å². The van der Waals surface area contributed by atoms with E-state index in [1.165, 1.54) is 12.1 Å². The van der Waals surface area contributed by atoms with Crippen molar-refractivity contribution in [3.63, 3.8) is 0 Å². The van der Waals surface area contributed by atoms with Gasteiger partial charge in [-0.25, -0.2) is 4.39 Å². The minimum Gasteiger partial charge on any atom is -0.349 e. The summed E-state index contributed by atoms with van der Waals surface area (Å²) in [7, 11) is -1.26. The highest BCUT2D eigenvalue weighted by molar-refractivity contribution is 7.84. The third-order valence-corrected chi connectivity index (χ3v) is 4.69. The first-order valence-electron chi connectivity index (χ1n) is 7.39. The van der Waals surface area contributed by atoms with E-state index in [-0.39, 0.29) is 23.5 Å². The van der Waals surface area contributed by atoms with E-state index in [2.05, 4.69) is 5.32 Å². The summed E-state index contributed by atoms with van der Waals surface area (Å²) in [6, 6.07) is 13.5. The average molecular weight is 333 g/mol. The summed E-state index contributed by atoms with van der Waals surface area (Å²) in [6.45, 7) is 3.79. The third-order valence-electron chi connectivity index (χ3n) is 3.45. The number of carbonyl (C=O) groups excluding carboxylic acids is 1. The summed E-state index contributed by atoms with van der Waals surface area (Å²) in [4.78, 5) is 12.0. The molecule has 2 atom stereocenters. The summed E-state index contributed by atoms with van der Waals surface area (Å²) < 4.78 is 25.0. The lowest BCUT2D eigenvalue weighted by Gasteiger charge is -2.14. The van der Waals surface area contributed by atoms with E-state index in [0.29, 0.717) is 5.75 Å². The lowest BCUT2D eigenvalue weighted by Crippen LogP contribution is -2.31. The molecule has 1 amide bonds. The van der Waals surface area contributed by atoms with Crippen LogP contribution in [0.25, 0.3) is 0 Å². The number of aryl methyl sites for hydroxylation is 1. The Morgan fingerprint density at radius 3 is 2.57 bits per heavy atom. The second-order valence-electron chi connectivity index (χ2n) is 5.56. The Balaban J connectivity index is 1.86. The fourth-order valence-electron chi connectivity index (χ4n) is 2.30. The number of hydrogen-bond donors (Lipinski definition) is 1. The molecule has 0 heterocycles. The Morgan fingerprint density at radius 1 is 1.22 bits per heavy atom. The van der Waals surface area contributed by atoms with Gasteiger partial charge in [-0.05, 0) is 37.1 Å². The quantitative estimate of drug-likeness (QED) is 0.882. The van der Waals surface area contributed by atoms with Gasteiger partial charge in [-0.3, -0.25) is 9.00 Å². The van der Waals surface area contributed by atoms with Crippen LogP contribution in [0.15, 0.2) is 48.5 Å². The van der Waals surface area contributed by atoms with E-state index in [4.69, 9.17) is 0 Å². The smallest absolute Gasteiger partial charge is 0.233 e. The molecular formula is C18H20FNO2S. The van der Waals surface area contributed by atoms with E-state index < -0.39 is 10.8 Å². The maximum atomic E-state index is 12.9. The maximum absolute atomic E-state index is 12.9. The topological polar surface area (TPSA) is 46.2 Å². The number of rotatable bonds is 6. The molecule has 0 aromatic heterocycles. The number of amides is 1. The molecule has 0 fully saturated rings. The van der Waals surface area contributed by atoms with Gasteiger partial charge in [-0.1, -0.05) is 42.0 Å². The predicted octanol–water partition coefficient (Wildman–Crippen LogP) is 3.26. The molecule has 122 valence electrons. The third kappa shape index (κ3) is 5.60. The van der Waals surface area contributed by atoms with Crippen molar-refractivity contribution in [2.45, 2.75) is 25.6 Å². The molecule has 2 unspecified atom stereocenters. The number of carbonyl (C=O) groups is 1. The predicted molar refractivity (Wildman–Crippen MR) is 90.9 cm³/mol. The first-order chi connectivity index (χ1) is 10.9. The normalized spacial score (nSPS) is 13.3. The average Bonchev–Trinajstić information content (AvgIpc) is 2.47. The van der Waals surface area contributed by atoms with Crippen LogP contribution >= 0.6 is 0 Å². The molecule has 0 bridgehead atoms. The molecular weight excluding hydrogens is 313 g/mol. The van der Waals surface area contributed by atoms with Crippen LogP contribution in [-0.4, -0.2) is 15.9 Å². The van der Waals surface area contributed by atoms with Crippen molar-refractivity contribution in [1.29, 1.82) is 0 Å². The molecule has 2 rings (SSSR count). The highest BCUT2D eigenvalue weighted by atomic mass is 32.2. The van der Waals surface area contributed by atoms with Gasteiger partial charge in [0.15, 0.2) is 0 Å². The van der Waals surface area contributed by atoms with Crippen molar-refractivity contribution in [2.24, 2.45) is 0 Å². The second kappa shape index (κ2) is 8.02. The van der Waals surface area contributed by atoms with Gasteiger partial charge in [0.05, 0.1) is 6.04 Å². The van der Waals surface area contributed by atoms with Crippen molar-refractivity contribution in [2.75, 3.05) is 5.75 Å². The summed E-state index contributed by atoms with van der Waals surface area (Å²) in [5.41, 5.74) is 2.88. The Labute approximate surface area is 138 Å². The van der Waals surface area contributed by atoms with Crippen molar-refractivity contribution in [3.05, 3.63) is 71.0 Å². The summed E-state index contributed by atoms with van der Waals surface area (Å²) >= 11 is 0. The number of benzene rings is 2. The Morgan fingerprint density at radius 2 is 1.91 bits per heavy atom. The van der Waals surface area contributed by atoms with Gasteiger partial charge in [0.1, 0.15) is 11.6 Å². The van der Waals surface area contributed by atoms with Gasteiger partial charge in [0.25, 0.3) is 0 Å². The number of halogens is 1. The largest absolute Gasteiger partial charge is 0.349 e. The zero-order chi connectivity index (χ0) is 16.8. The SMILES string of the molecule is Cc1cccc(CS(=O)CC(=O)NC(C)c2ccc(F)cc2)c1. The van der Waals surface area contributed by atoms with Gasteiger partial charge in [0.2, 0.25) is 5.91 Å². The molecule has 2 aromatic carbocycles. The van der Waals surface area contributed by atoms with Gasteiger partial charge in [-0.2, -0.15) is 0 Å². The van der Waals surface area contributed by atoms with E-state index in [1.807, 2.05) is 38.1 Å². The van der Waals surface area contributed by atoms with Crippen LogP contribution in [0.1, 0.15) is 29.7 Å². The van der Waals surface area contributed by atoms with Crippen molar-refractivity contribution in [3.8, 4) is 0 Å². The van der Waals surface area contributed by atoms with Crippen LogP contribution < -0.4 is 5.32 Å². The minimum absolute atomic E-state index is 0.0422. The summed E-state index contributed by atoms with van der Waals surface area (Å²) in [5, 5.41) is 2.79. The zero-order valence-corrected chi connectivity index (χ0v) is 14.0. The zero-order valence-electron chi connectivity index (χ0n) is 13.2. The number of hydrogen-bond acceptors (Lipinski definition) is 2. The molecule has 0 saturated carbocycles. The van der Waals surface area contributed by atoms with E-state index >= 15 is 0 Å². The molecule has 23 heavy (non-hydrogen) atoms. The Kier molecular flexibility index (Phi) is 6.04. The van der Waals surface area contributed by atoms with Gasteiger partial charge < -0.3 is 5.32 Å².